The number of nitriles is 1. The van der Waals surface area contributed by atoms with Gasteiger partial charge in [0.1, 0.15) is 6.07 Å². The third-order valence-electron chi connectivity index (χ3n) is 2.38. The fraction of sp³-hybridized carbons (Fsp3) is 0.231. The quantitative estimate of drug-likeness (QED) is 0.484. The molecule has 0 amide bonds. The summed E-state index contributed by atoms with van der Waals surface area (Å²) >= 11 is 0. The van der Waals surface area contributed by atoms with E-state index in [4.69, 9.17) is 15.1 Å². The highest BCUT2D eigenvalue weighted by molar-refractivity contribution is 5.85. The minimum Gasteiger partial charge on any atom is -0.478 e. The van der Waals surface area contributed by atoms with Gasteiger partial charge >= 0.3 is 11.7 Å². The molecule has 1 unspecified atom stereocenters. The van der Waals surface area contributed by atoms with Gasteiger partial charge in [0.25, 0.3) is 0 Å². The van der Waals surface area contributed by atoms with Crippen molar-refractivity contribution in [2.75, 3.05) is 0 Å². The van der Waals surface area contributed by atoms with Crippen LogP contribution in [0.3, 0.4) is 0 Å². The SMILES string of the molecule is CCC(C#N)Oc1ccc(C=CC(=O)O)cc1[N+](=O)[O-]. The predicted octanol–water partition coefficient (Wildman–Crippen LogP) is 2.37. The molecule has 0 aromatic heterocycles. The van der Waals surface area contributed by atoms with Crippen molar-refractivity contribution < 1.29 is 19.6 Å². The molecule has 7 heteroatoms. The van der Waals surface area contributed by atoms with Crippen LogP contribution in [0.25, 0.3) is 6.08 Å². The first-order valence-electron chi connectivity index (χ1n) is 5.73. The molecule has 0 aliphatic rings. The van der Waals surface area contributed by atoms with Crippen molar-refractivity contribution in [1.29, 1.82) is 5.26 Å². The summed E-state index contributed by atoms with van der Waals surface area (Å²) in [6.45, 7) is 1.73. The largest absolute Gasteiger partial charge is 0.478 e. The molecule has 1 N–H and O–H groups in total. The van der Waals surface area contributed by atoms with E-state index in [0.717, 1.165) is 6.08 Å². The van der Waals surface area contributed by atoms with Crippen LogP contribution in [-0.4, -0.2) is 22.1 Å². The van der Waals surface area contributed by atoms with Crippen LogP contribution in [0.5, 0.6) is 5.75 Å². The normalized spacial score (nSPS) is 11.8. The molecule has 0 heterocycles. The van der Waals surface area contributed by atoms with Gasteiger partial charge in [-0.15, -0.1) is 0 Å². The number of benzene rings is 1. The average Bonchev–Trinajstić information content (AvgIpc) is 2.42. The molecule has 0 aliphatic heterocycles. The fourth-order valence-corrected chi connectivity index (χ4v) is 1.40. The molecule has 0 radical (unpaired) electrons. The zero-order valence-electron chi connectivity index (χ0n) is 10.6. The number of rotatable bonds is 6. The zero-order chi connectivity index (χ0) is 15.1. The van der Waals surface area contributed by atoms with Gasteiger partial charge in [-0.2, -0.15) is 5.26 Å². The molecular formula is C13H12N2O5. The summed E-state index contributed by atoms with van der Waals surface area (Å²) < 4.78 is 5.24. The number of hydrogen-bond acceptors (Lipinski definition) is 5. The Morgan fingerprint density at radius 2 is 2.35 bits per heavy atom. The first-order chi connectivity index (χ1) is 9.47. The molecule has 0 bridgehead atoms. The highest BCUT2D eigenvalue weighted by Crippen LogP contribution is 2.29. The van der Waals surface area contributed by atoms with E-state index in [9.17, 15) is 14.9 Å². The van der Waals surface area contributed by atoms with E-state index in [-0.39, 0.29) is 11.4 Å². The summed E-state index contributed by atoms with van der Waals surface area (Å²) in [5, 5.41) is 28.3. The number of carbonyl (C=O) groups is 1. The van der Waals surface area contributed by atoms with E-state index in [0.29, 0.717) is 12.0 Å². The Labute approximate surface area is 114 Å². The van der Waals surface area contributed by atoms with Crippen LogP contribution < -0.4 is 4.74 Å². The molecule has 1 atom stereocenters. The maximum Gasteiger partial charge on any atom is 0.328 e. The molecule has 1 aromatic carbocycles. The van der Waals surface area contributed by atoms with Gasteiger partial charge in [-0.05, 0) is 24.1 Å². The predicted molar refractivity (Wildman–Crippen MR) is 70.1 cm³/mol. The Kier molecular flexibility index (Phi) is 5.23. The van der Waals surface area contributed by atoms with Crippen LogP contribution in [0.1, 0.15) is 18.9 Å². The molecule has 104 valence electrons. The minimum atomic E-state index is -1.15. The second-order valence-electron chi connectivity index (χ2n) is 3.80. The number of carboxylic acids is 1. The Bertz CT molecular complexity index is 589. The number of aliphatic carboxylic acids is 1. The lowest BCUT2D eigenvalue weighted by atomic mass is 10.1. The lowest BCUT2D eigenvalue weighted by Gasteiger charge is -2.10. The summed E-state index contributed by atoms with van der Waals surface area (Å²) in [6, 6.07) is 5.90. The van der Waals surface area contributed by atoms with Crippen molar-refractivity contribution in [2.24, 2.45) is 0 Å². The highest BCUT2D eigenvalue weighted by atomic mass is 16.6. The van der Waals surface area contributed by atoms with Crippen molar-refractivity contribution >= 4 is 17.7 Å². The lowest BCUT2D eigenvalue weighted by Crippen LogP contribution is -2.13. The van der Waals surface area contributed by atoms with Gasteiger partial charge < -0.3 is 9.84 Å². The monoisotopic (exact) mass is 276 g/mol. The molecule has 7 nitrogen and oxygen atoms in total. The molecule has 0 saturated carbocycles. The molecule has 1 aromatic rings. The van der Waals surface area contributed by atoms with Crippen LogP contribution in [0.2, 0.25) is 0 Å². The number of nitrogens with zero attached hydrogens (tertiary/aromatic N) is 2. The van der Waals surface area contributed by atoms with Crippen LogP contribution in [0.15, 0.2) is 24.3 Å². The third-order valence-corrected chi connectivity index (χ3v) is 2.38. The van der Waals surface area contributed by atoms with Crippen LogP contribution in [-0.2, 0) is 4.79 Å². The number of ether oxygens (including phenoxy) is 1. The smallest absolute Gasteiger partial charge is 0.328 e. The van der Waals surface area contributed by atoms with E-state index in [1.807, 2.05) is 6.07 Å². The van der Waals surface area contributed by atoms with Crippen molar-refractivity contribution in [1.82, 2.24) is 0 Å². The first kappa shape index (κ1) is 15.2. The Morgan fingerprint density at radius 3 is 2.85 bits per heavy atom. The fourth-order valence-electron chi connectivity index (χ4n) is 1.40. The van der Waals surface area contributed by atoms with Crippen LogP contribution >= 0.6 is 0 Å². The van der Waals surface area contributed by atoms with Gasteiger partial charge in [0, 0.05) is 12.1 Å². The number of carboxylic acid groups (broad SMARTS) is 1. The summed E-state index contributed by atoms with van der Waals surface area (Å²) in [7, 11) is 0. The summed E-state index contributed by atoms with van der Waals surface area (Å²) in [6.07, 6.45) is 1.74. The van der Waals surface area contributed by atoms with Crippen LogP contribution in [0.4, 0.5) is 5.69 Å². The molecule has 0 fully saturated rings. The van der Waals surface area contributed by atoms with Gasteiger partial charge in [-0.1, -0.05) is 13.0 Å². The second-order valence-corrected chi connectivity index (χ2v) is 3.80. The first-order valence-corrected chi connectivity index (χ1v) is 5.73. The van der Waals surface area contributed by atoms with E-state index in [1.165, 1.54) is 24.3 Å². The minimum absolute atomic E-state index is 0.0177. The van der Waals surface area contributed by atoms with Crippen molar-refractivity contribution in [3.05, 3.63) is 40.0 Å². The van der Waals surface area contributed by atoms with Crippen molar-refractivity contribution in [3.63, 3.8) is 0 Å². The Morgan fingerprint density at radius 1 is 1.65 bits per heavy atom. The molecule has 0 saturated heterocycles. The summed E-state index contributed by atoms with van der Waals surface area (Å²) in [4.78, 5) is 20.7. The maximum absolute atomic E-state index is 11.0. The Hall–Kier alpha value is -2.88. The van der Waals surface area contributed by atoms with Crippen molar-refractivity contribution in [2.45, 2.75) is 19.4 Å². The van der Waals surface area contributed by atoms with E-state index in [1.54, 1.807) is 6.92 Å². The van der Waals surface area contributed by atoms with E-state index in [2.05, 4.69) is 0 Å². The molecule has 0 aliphatic carbocycles. The van der Waals surface area contributed by atoms with Crippen molar-refractivity contribution in [3.8, 4) is 11.8 Å². The van der Waals surface area contributed by atoms with Gasteiger partial charge in [-0.3, -0.25) is 10.1 Å². The zero-order valence-corrected chi connectivity index (χ0v) is 10.6. The summed E-state index contributed by atoms with van der Waals surface area (Å²) in [5.74, 6) is -1.17. The van der Waals surface area contributed by atoms with Gasteiger partial charge in [0.05, 0.1) is 4.92 Å². The number of hydrogen-bond donors (Lipinski definition) is 1. The second kappa shape index (κ2) is 6.89. The van der Waals surface area contributed by atoms with E-state index < -0.39 is 17.0 Å². The number of nitro groups is 1. The molecule has 20 heavy (non-hydrogen) atoms. The standard InChI is InChI=1S/C13H12N2O5/c1-2-10(8-14)20-12-5-3-9(4-6-13(16)17)7-11(12)15(18)19/h3-7,10H,2H2,1H3,(H,16,17). The average molecular weight is 276 g/mol. The van der Waals surface area contributed by atoms with Gasteiger partial charge in [0.2, 0.25) is 0 Å². The topological polar surface area (TPSA) is 113 Å². The molecular weight excluding hydrogens is 264 g/mol. The lowest BCUT2D eigenvalue weighted by molar-refractivity contribution is -0.386. The number of nitro benzene ring substituents is 1. The molecule has 1 rings (SSSR count). The highest BCUT2D eigenvalue weighted by Gasteiger charge is 2.18. The van der Waals surface area contributed by atoms with Crippen LogP contribution in [0, 0.1) is 21.4 Å². The Balaban J connectivity index is 3.11. The summed E-state index contributed by atoms with van der Waals surface area (Å²) in [5.41, 5.74) is 0.0442. The third kappa shape index (κ3) is 4.10. The van der Waals surface area contributed by atoms with Gasteiger partial charge in [-0.25, -0.2) is 4.79 Å². The molecule has 0 spiro atoms. The van der Waals surface area contributed by atoms with Gasteiger partial charge in [0.15, 0.2) is 11.9 Å². The van der Waals surface area contributed by atoms with E-state index >= 15 is 0 Å². The maximum atomic E-state index is 11.0.